The van der Waals surface area contributed by atoms with Crippen molar-refractivity contribution in [2.45, 2.75) is 50.5 Å². The third kappa shape index (κ3) is 4.55. The maximum atomic E-state index is 12.3. The largest absolute Gasteiger partial charge is 0.388 e. The molecule has 0 aromatic heterocycles. The number of amides is 1. The van der Waals surface area contributed by atoms with E-state index in [-0.39, 0.29) is 5.91 Å². The van der Waals surface area contributed by atoms with Gasteiger partial charge in [-0.25, -0.2) is 0 Å². The Labute approximate surface area is 126 Å². The Morgan fingerprint density at radius 2 is 1.86 bits per heavy atom. The quantitative estimate of drug-likeness (QED) is 0.726. The molecule has 0 atom stereocenters. The van der Waals surface area contributed by atoms with Crippen LogP contribution in [-0.4, -0.2) is 29.7 Å². The highest BCUT2D eigenvalue weighted by Crippen LogP contribution is 2.26. The van der Waals surface area contributed by atoms with Gasteiger partial charge in [0.2, 0.25) is 0 Å². The summed E-state index contributed by atoms with van der Waals surface area (Å²) in [6.45, 7) is 0.858. The first kappa shape index (κ1) is 16.0. The van der Waals surface area contributed by atoms with Crippen LogP contribution < -0.4 is 11.1 Å². The predicted molar refractivity (Wildman–Crippen MR) is 84.2 cm³/mol. The number of benzene rings is 1. The van der Waals surface area contributed by atoms with Crippen LogP contribution in [0.5, 0.6) is 0 Å². The molecule has 0 bridgehead atoms. The van der Waals surface area contributed by atoms with Crippen molar-refractivity contribution >= 4 is 5.91 Å². The number of nitrogens with one attached hydrogen (secondary N) is 1. The normalized spacial score (nSPS) is 18.0. The molecule has 4 nitrogen and oxygen atoms in total. The Balaban J connectivity index is 1.98. The van der Waals surface area contributed by atoms with Crippen molar-refractivity contribution in [3.05, 3.63) is 35.4 Å². The van der Waals surface area contributed by atoms with E-state index in [0.717, 1.165) is 31.2 Å². The van der Waals surface area contributed by atoms with Gasteiger partial charge in [0.25, 0.3) is 5.91 Å². The topological polar surface area (TPSA) is 75.4 Å². The summed E-state index contributed by atoms with van der Waals surface area (Å²) < 4.78 is 0. The molecular weight excluding hydrogens is 264 g/mol. The molecule has 1 fully saturated rings. The van der Waals surface area contributed by atoms with Crippen molar-refractivity contribution in [1.29, 1.82) is 0 Å². The molecule has 0 unspecified atom stereocenters. The van der Waals surface area contributed by atoms with Gasteiger partial charge in [-0.3, -0.25) is 4.79 Å². The molecule has 1 amide bonds. The van der Waals surface area contributed by atoms with E-state index in [4.69, 9.17) is 5.73 Å². The molecule has 2 rings (SSSR count). The number of rotatable bonds is 5. The van der Waals surface area contributed by atoms with Crippen molar-refractivity contribution in [2.24, 2.45) is 5.73 Å². The van der Waals surface area contributed by atoms with Crippen molar-refractivity contribution in [1.82, 2.24) is 5.32 Å². The van der Waals surface area contributed by atoms with E-state index in [1.54, 1.807) is 0 Å². The van der Waals surface area contributed by atoms with E-state index in [0.29, 0.717) is 25.1 Å². The minimum Gasteiger partial charge on any atom is -0.388 e. The van der Waals surface area contributed by atoms with Crippen LogP contribution in [-0.2, 0) is 6.42 Å². The third-order valence-corrected chi connectivity index (χ3v) is 4.29. The first-order valence-electron chi connectivity index (χ1n) is 7.93. The molecule has 1 aromatic rings. The Morgan fingerprint density at radius 1 is 1.19 bits per heavy atom. The fraction of sp³-hybridized carbons (Fsp3) is 0.588. The van der Waals surface area contributed by atoms with E-state index in [1.807, 2.05) is 24.3 Å². The van der Waals surface area contributed by atoms with Gasteiger partial charge in [0.15, 0.2) is 0 Å². The van der Waals surface area contributed by atoms with Crippen LogP contribution >= 0.6 is 0 Å². The Morgan fingerprint density at radius 3 is 2.52 bits per heavy atom. The summed E-state index contributed by atoms with van der Waals surface area (Å²) in [6, 6.07) is 7.52. The van der Waals surface area contributed by atoms with E-state index < -0.39 is 5.60 Å². The molecule has 4 heteroatoms. The van der Waals surface area contributed by atoms with Crippen LogP contribution in [0.4, 0.5) is 0 Å². The van der Waals surface area contributed by atoms with Gasteiger partial charge in [0, 0.05) is 12.1 Å². The standard InChI is InChI=1S/C17H26N2O2/c18-12-9-14-7-3-4-8-15(14)16(20)19-13-17(21)10-5-1-2-6-11-17/h3-4,7-8,21H,1-2,5-6,9-13,18H2,(H,19,20). The zero-order chi connectivity index (χ0) is 15.1. The molecule has 0 spiro atoms. The summed E-state index contributed by atoms with van der Waals surface area (Å²) in [5.74, 6) is -0.114. The first-order valence-corrected chi connectivity index (χ1v) is 7.93. The molecule has 1 saturated carbocycles. The molecule has 1 aliphatic rings. The molecule has 0 saturated heterocycles. The van der Waals surface area contributed by atoms with Gasteiger partial charge in [-0.1, -0.05) is 43.9 Å². The highest BCUT2D eigenvalue weighted by molar-refractivity contribution is 5.95. The van der Waals surface area contributed by atoms with Crippen molar-refractivity contribution in [2.75, 3.05) is 13.1 Å². The fourth-order valence-electron chi connectivity index (χ4n) is 3.02. The smallest absolute Gasteiger partial charge is 0.251 e. The molecule has 4 N–H and O–H groups in total. The van der Waals surface area contributed by atoms with Crippen molar-refractivity contribution in [3.63, 3.8) is 0 Å². The second kappa shape index (κ2) is 7.57. The molecule has 1 aliphatic carbocycles. The first-order chi connectivity index (χ1) is 10.1. The SMILES string of the molecule is NCCc1ccccc1C(=O)NCC1(O)CCCCCC1. The molecule has 0 aliphatic heterocycles. The minimum atomic E-state index is -0.741. The lowest BCUT2D eigenvalue weighted by Gasteiger charge is -2.27. The zero-order valence-electron chi connectivity index (χ0n) is 12.6. The number of aliphatic hydroxyl groups is 1. The lowest BCUT2D eigenvalue weighted by molar-refractivity contribution is 0.0246. The predicted octanol–water partition coefficient (Wildman–Crippen LogP) is 2.00. The molecular formula is C17H26N2O2. The number of nitrogens with two attached hydrogens (primary N) is 1. The van der Waals surface area contributed by atoms with Crippen LogP contribution in [0.25, 0.3) is 0 Å². The van der Waals surface area contributed by atoms with Gasteiger partial charge >= 0.3 is 0 Å². The summed E-state index contributed by atoms with van der Waals surface area (Å²) in [5.41, 5.74) is 6.48. The summed E-state index contributed by atoms with van der Waals surface area (Å²) in [5, 5.41) is 13.5. The van der Waals surface area contributed by atoms with Gasteiger partial charge in [-0.05, 0) is 37.4 Å². The van der Waals surface area contributed by atoms with Crippen LogP contribution in [0.1, 0.15) is 54.4 Å². The highest BCUT2D eigenvalue weighted by Gasteiger charge is 2.28. The fourth-order valence-corrected chi connectivity index (χ4v) is 3.02. The summed E-state index contributed by atoms with van der Waals surface area (Å²) in [6.07, 6.45) is 6.67. The Hall–Kier alpha value is -1.39. The Kier molecular flexibility index (Phi) is 5.76. The van der Waals surface area contributed by atoms with Gasteiger partial charge < -0.3 is 16.2 Å². The monoisotopic (exact) mass is 290 g/mol. The number of hydrogen-bond acceptors (Lipinski definition) is 3. The number of carbonyl (C=O) groups excluding carboxylic acids is 1. The summed E-state index contributed by atoms with van der Waals surface area (Å²) >= 11 is 0. The average Bonchev–Trinajstić information content (AvgIpc) is 2.71. The summed E-state index contributed by atoms with van der Waals surface area (Å²) in [7, 11) is 0. The van der Waals surface area contributed by atoms with Crippen LogP contribution in [0.3, 0.4) is 0 Å². The maximum absolute atomic E-state index is 12.3. The van der Waals surface area contributed by atoms with Gasteiger partial charge in [0.1, 0.15) is 0 Å². The van der Waals surface area contributed by atoms with Crippen LogP contribution in [0.2, 0.25) is 0 Å². The molecule has 0 radical (unpaired) electrons. The second-order valence-electron chi connectivity index (χ2n) is 6.02. The third-order valence-electron chi connectivity index (χ3n) is 4.29. The maximum Gasteiger partial charge on any atom is 0.251 e. The van der Waals surface area contributed by atoms with Crippen molar-refractivity contribution < 1.29 is 9.90 Å². The van der Waals surface area contributed by atoms with Crippen molar-refractivity contribution in [3.8, 4) is 0 Å². The number of hydrogen-bond donors (Lipinski definition) is 3. The average molecular weight is 290 g/mol. The highest BCUT2D eigenvalue weighted by atomic mass is 16.3. The molecule has 0 heterocycles. The Bertz CT molecular complexity index is 466. The van der Waals surface area contributed by atoms with E-state index in [2.05, 4.69) is 5.32 Å². The second-order valence-corrected chi connectivity index (χ2v) is 6.02. The lowest BCUT2D eigenvalue weighted by Crippen LogP contribution is -2.42. The van der Waals surface area contributed by atoms with Gasteiger partial charge in [-0.15, -0.1) is 0 Å². The van der Waals surface area contributed by atoms with E-state index in [1.165, 1.54) is 12.8 Å². The van der Waals surface area contributed by atoms with Gasteiger partial charge in [-0.2, -0.15) is 0 Å². The zero-order valence-corrected chi connectivity index (χ0v) is 12.6. The molecule has 21 heavy (non-hydrogen) atoms. The minimum absolute atomic E-state index is 0.114. The molecule has 1 aromatic carbocycles. The van der Waals surface area contributed by atoms with Gasteiger partial charge in [0.05, 0.1) is 5.60 Å². The molecule has 116 valence electrons. The van der Waals surface area contributed by atoms with Crippen LogP contribution in [0.15, 0.2) is 24.3 Å². The van der Waals surface area contributed by atoms with Crippen LogP contribution in [0, 0.1) is 0 Å². The summed E-state index contributed by atoms with van der Waals surface area (Å²) in [4.78, 5) is 12.3. The van der Waals surface area contributed by atoms with E-state index >= 15 is 0 Å². The lowest BCUT2D eigenvalue weighted by atomic mass is 9.94. The van der Waals surface area contributed by atoms with E-state index in [9.17, 15) is 9.90 Å². The number of carbonyl (C=O) groups is 1.